The van der Waals surface area contributed by atoms with Gasteiger partial charge in [0.05, 0.1) is 13.7 Å². The van der Waals surface area contributed by atoms with E-state index in [0.29, 0.717) is 16.8 Å². The average molecular weight is 328 g/mol. The van der Waals surface area contributed by atoms with Gasteiger partial charge in [-0.25, -0.2) is 4.79 Å². The Labute approximate surface area is 140 Å². The second kappa shape index (κ2) is 8.12. The van der Waals surface area contributed by atoms with Gasteiger partial charge in [0, 0.05) is 18.4 Å². The quantitative estimate of drug-likeness (QED) is 0.624. The first-order valence-electron chi connectivity index (χ1n) is 7.39. The van der Waals surface area contributed by atoms with Gasteiger partial charge in [-0.05, 0) is 29.3 Å². The number of carbonyl (C=O) groups is 2. The Kier molecular flexibility index (Phi) is 5.92. The van der Waals surface area contributed by atoms with Gasteiger partial charge in [-0.1, -0.05) is 30.3 Å². The molecule has 0 fully saturated rings. The van der Waals surface area contributed by atoms with Crippen LogP contribution in [0, 0.1) is 0 Å². The van der Waals surface area contributed by atoms with Gasteiger partial charge in [-0.3, -0.25) is 4.79 Å². The third-order valence-electron chi connectivity index (χ3n) is 3.50. The Balaban J connectivity index is 2.34. The van der Waals surface area contributed by atoms with E-state index in [2.05, 4.69) is 10.1 Å². The van der Waals surface area contributed by atoms with E-state index in [9.17, 15) is 9.59 Å². The molecule has 0 aromatic heterocycles. The summed E-state index contributed by atoms with van der Waals surface area (Å²) in [6.07, 6.45) is 0. The highest BCUT2D eigenvalue weighted by atomic mass is 16.5. The van der Waals surface area contributed by atoms with Crippen molar-refractivity contribution >= 4 is 17.6 Å². The van der Waals surface area contributed by atoms with Crippen LogP contribution in [0.4, 0.5) is 5.69 Å². The van der Waals surface area contributed by atoms with Crippen molar-refractivity contribution in [2.45, 2.75) is 6.04 Å². The van der Waals surface area contributed by atoms with E-state index >= 15 is 0 Å². The van der Waals surface area contributed by atoms with E-state index in [4.69, 9.17) is 10.5 Å². The fourth-order valence-electron chi connectivity index (χ4n) is 2.33. The molecule has 0 spiro atoms. The highest BCUT2D eigenvalue weighted by Crippen LogP contribution is 2.26. The summed E-state index contributed by atoms with van der Waals surface area (Å²) in [6.45, 7) is 0.0219. The summed E-state index contributed by atoms with van der Waals surface area (Å²) in [5, 5.41) is 2.64. The molecular weight excluding hydrogens is 308 g/mol. The number of amides is 1. The van der Waals surface area contributed by atoms with Gasteiger partial charge >= 0.3 is 5.97 Å². The Bertz CT molecular complexity index is 716. The van der Waals surface area contributed by atoms with Crippen LogP contribution in [-0.2, 0) is 14.3 Å². The molecule has 0 saturated heterocycles. The first kappa shape index (κ1) is 17.5. The van der Waals surface area contributed by atoms with Gasteiger partial charge in [0.1, 0.15) is 0 Å². The van der Waals surface area contributed by atoms with Crippen LogP contribution in [-0.4, -0.2) is 38.7 Å². The number of ether oxygens (including phenoxy) is 2. The summed E-state index contributed by atoms with van der Waals surface area (Å²) in [7, 11) is 2.70. The fourth-order valence-corrected chi connectivity index (χ4v) is 2.33. The Morgan fingerprint density at radius 3 is 2.46 bits per heavy atom. The molecule has 0 aliphatic heterocycles. The molecule has 3 N–H and O–H groups in total. The van der Waals surface area contributed by atoms with Crippen molar-refractivity contribution < 1.29 is 19.1 Å². The van der Waals surface area contributed by atoms with Gasteiger partial charge in [-0.2, -0.15) is 0 Å². The maximum Gasteiger partial charge on any atom is 0.330 e. The van der Waals surface area contributed by atoms with Gasteiger partial charge in [0.2, 0.25) is 0 Å². The SMILES string of the molecule is COCC(NC(=O)c1ccc(N)cc1-c1ccccc1)C(=O)OC. The van der Waals surface area contributed by atoms with E-state index < -0.39 is 17.9 Å². The normalized spacial score (nSPS) is 11.6. The third-order valence-corrected chi connectivity index (χ3v) is 3.50. The molecule has 2 rings (SSSR count). The first-order chi connectivity index (χ1) is 11.6. The average Bonchev–Trinajstić information content (AvgIpc) is 2.61. The molecule has 0 saturated carbocycles. The molecule has 126 valence electrons. The fraction of sp³-hybridized carbons (Fsp3) is 0.222. The minimum atomic E-state index is -0.881. The molecule has 1 amide bonds. The van der Waals surface area contributed by atoms with E-state index in [-0.39, 0.29) is 6.61 Å². The number of nitrogen functional groups attached to an aromatic ring is 1. The monoisotopic (exact) mass is 328 g/mol. The van der Waals surface area contributed by atoms with Gasteiger partial charge < -0.3 is 20.5 Å². The number of rotatable bonds is 6. The van der Waals surface area contributed by atoms with Crippen molar-refractivity contribution in [3.05, 3.63) is 54.1 Å². The zero-order valence-electron chi connectivity index (χ0n) is 13.6. The number of carbonyl (C=O) groups excluding carboxylic acids is 2. The Hall–Kier alpha value is -2.86. The lowest BCUT2D eigenvalue weighted by Crippen LogP contribution is -2.44. The van der Waals surface area contributed by atoms with Gasteiger partial charge in [0.25, 0.3) is 5.91 Å². The van der Waals surface area contributed by atoms with Crippen molar-refractivity contribution in [3.63, 3.8) is 0 Å². The zero-order chi connectivity index (χ0) is 17.5. The molecule has 2 aromatic carbocycles. The van der Waals surface area contributed by atoms with Crippen LogP contribution in [0.2, 0.25) is 0 Å². The number of hydrogen-bond acceptors (Lipinski definition) is 5. The zero-order valence-corrected chi connectivity index (χ0v) is 13.6. The molecule has 24 heavy (non-hydrogen) atoms. The molecule has 0 heterocycles. The van der Waals surface area contributed by atoms with Crippen LogP contribution in [0.15, 0.2) is 48.5 Å². The topological polar surface area (TPSA) is 90.6 Å². The predicted molar refractivity (Wildman–Crippen MR) is 91.4 cm³/mol. The lowest BCUT2D eigenvalue weighted by molar-refractivity contribution is -0.144. The molecule has 1 atom stereocenters. The molecule has 0 aliphatic carbocycles. The van der Waals surface area contributed by atoms with Crippen molar-refractivity contribution in [2.24, 2.45) is 0 Å². The smallest absolute Gasteiger partial charge is 0.330 e. The Morgan fingerprint density at radius 1 is 1.12 bits per heavy atom. The molecule has 0 aliphatic rings. The van der Waals surface area contributed by atoms with E-state index in [1.165, 1.54) is 14.2 Å². The van der Waals surface area contributed by atoms with Gasteiger partial charge in [0.15, 0.2) is 6.04 Å². The van der Waals surface area contributed by atoms with Crippen molar-refractivity contribution in [1.29, 1.82) is 0 Å². The van der Waals surface area contributed by atoms with E-state index in [1.807, 2.05) is 30.3 Å². The molecule has 2 aromatic rings. The number of nitrogens with one attached hydrogen (secondary N) is 1. The summed E-state index contributed by atoms with van der Waals surface area (Å²) < 4.78 is 9.64. The summed E-state index contributed by atoms with van der Waals surface area (Å²) in [6, 6.07) is 13.5. The van der Waals surface area contributed by atoms with Crippen LogP contribution in [0.3, 0.4) is 0 Å². The summed E-state index contributed by atoms with van der Waals surface area (Å²) in [5.74, 6) is -0.969. The third kappa shape index (κ3) is 4.11. The van der Waals surface area contributed by atoms with Crippen LogP contribution in [0.25, 0.3) is 11.1 Å². The molecule has 0 bridgehead atoms. The standard InChI is InChI=1S/C18H20N2O4/c1-23-11-16(18(22)24-2)20-17(21)14-9-8-13(19)10-15(14)12-6-4-3-5-7-12/h3-10,16H,11,19H2,1-2H3,(H,20,21). The van der Waals surface area contributed by atoms with E-state index in [1.54, 1.807) is 18.2 Å². The highest BCUT2D eigenvalue weighted by Gasteiger charge is 2.23. The van der Waals surface area contributed by atoms with Crippen molar-refractivity contribution in [2.75, 3.05) is 26.6 Å². The van der Waals surface area contributed by atoms with Crippen LogP contribution >= 0.6 is 0 Å². The Morgan fingerprint density at radius 2 is 1.83 bits per heavy atom. The number of methoxy groups -OCH3 is 2. The minimum Gasteiger partial charge on any atom is -0.467 e. The molecule has 0 radical (unpaired) electrons. The molecule has 6 nitrogen and oxygen atoms in total. The lowest BCUT2D eigenvalue weighted by Gasteiger charge is -2.17. The lowest BCUT2D eigenvalue weighted by atomic mass is 9.98. The van der Waals surface area contributed by atoms with Crippen molar-refractivity contribution in [3.8, 4) is 11.1 Å². The molecule has 1 unspecified atom stereocenters. The van der Waals surface area contributed by atoms with E-state index in [0.717, 1.165) is 5.56 Å². The molecular formula is C18H20N2O4. The summed E-state index contributed by atoms with van der Waals surface area (Å²) >= 11 is 0. The largest absolute Gasteiger partial charge is 0.467 e. The number of hydrogen-bond donors (Lipinski definition) is 2. The first-order valence-corrected chi connectivity index (χ1v) is 7.39. The summed E-state index contributed by atoms with van der Waals surface area (Å²) in [4.78, 5) is 24.4. The maximum atomic E-state index is 12.6. The van der Waals surface area contributed by atoms with Gasteiger partial charge in [-0.15, -0.1) is 0 Å². The number of esters is 1. The highest BCUT2D eigenvalue weighted by molar-refractivity contribution is 6.03. The predicted octanol–water partition coefficient (Wildman–Crippen LogP) is 1.85. The number of nitrogens with two attached hydrogens (primary N) is 1. The summed E-state index contributed by atoms with van der Waals surface area (Å²) in [5.41, 5.74) is 8.37. The second-order valence-corrected chi connectivity index (χ2v) is 5.18. The second-order valence-electron chi connectivity index (χ2n) is 5.18. The van der Waals surface area contributed by atoms with Crippen LogP contribution < -0.4 is 11.1 Å². The minimum absolute atomic E-state index is 0.0219. The number of anilines is 1. The van der Waals surface area contributed by atoms with Crippen molar-refractivity contribution in [1.82, 2.24) is 5.32 Å². The van der Waals surface area contributed by atoms with Crippen LogP contribution in [0.1, 0.15) is 10.4 Å². The molecule has 6 heteroatoms. The number of benzene rings is 2. The van der Waals surface area contributed by atoms with Crippen LogP contribution in [0.5, 0.6) is 0 Å². The maximum absolute atomic E-state index is 12.6.